The van der Waals surface area contributed by atoms with Crippen LogP contribution >= 0.6 is 23.5 Å². The minimum Gasteiger partial charge on any atom is -0.387 e. The lowest BCUT2D eigenvalue weighted by Gasteiger charge is -2.33. The van der Waals surface area contributed by atoms with Gasteiger partial charge in [0, 0.05) is 12.6 Å². The van der Waals surface area contributed by atoms with Gasteiger partial charge in [0.2, 0.25) is 6.43 Å². The highest BCUT2D eigenvalue weighted by atomic mass is 31.3. The second-order valence-electron chi connectivity index (χ2n) is 6.60. The number of ether oxygens (including phenoxy) is 1. The first-order chi connectivity index (χ1) is 14.9. The molecule has 1 fully saturated rings. The van der Waals surface area contributed by atoms with E-state index in [2.05, 4.69) is 24.7 Å². The molecule has 7 N–H and O–H groups in total. The molecule has 0 aromatic rings. The third-order valence-corrected chi connectivity index (χ3v) is 7.88. The van der Waals surface area contributed by atoms with Gasteiger partial charge in [-0.25, -0.2) is 31.9 Å². The third kappa shape index (κ3) is 7.42. The minimum absolute atomic E-state index is 0.0308. The Bertz CT molecular complexity index is 976. The van der Waals surface area contributed by atoms with Crippen LogP contribution in [0.5, 0.6) is 0 Å². The van der Waals surface area contributed by atoms with E-state index < -0.39 is 67.0 Å². The Morgan fingerprint density at radius 1 is 1.24 bits per heavy atom. The molecule has 2 aliphatic heterocycles. The van der Waals surface area contributed by atoms with Gasteiger partial charge in [-0.05, 0) is 6.08 Å². The van der Waals surface area contributed by atoms with E-state index in [0.29, 0.717) is 0 Å². The van der Waals surface area contributed by atoms with Gasteiger partial charge < -0.3 is 40.1 Å². The average Bonchev–Trinajstić information content (AvgIpc) is 2.82. The molecule has 0 saturated carbocycles. The number of nitrogens with two attached hydrogens (primary N) is 1. The van der Waals surface area contributed by atoms with Gasteiger partial charge >= 0.3 is 23.5 Å². The van der Waals surface area contributed by atoms with Crippen LogP contribution in [-0.4, -0.2) is 72.6 Å². The second kappa shape index (κ2) is 9.85. The number of rotatable bonds is 10. The number of alkyl halides is 3. The van der Waals surface area contributed by atoms with Crippen LogP contribution in [0, 0.1) is 0 Å². The minimum atomic E-state index is -5.90. The summed E-state index contributed by atoms with van der Waals surface area (Å²) in [6, 6.07) is 0. The summed E-state index contributed by atoms with van der Waals surface area (Å²) in [5.74, 6) is -0.229. The Labute approximate surface area is 183 Å². The van der Waals surface area contributed by atoms with Gasteiger partial charge in [0.05, 0.1) is 6.61 Å². The fourth-order valence-electron chi connectivity index (χ4n) is 2.85. The Kier molecular flexibility index (Phi) is 8.39. The van der Waals surface area contributed by atoms with Crippen LogP contribution in [0.4, 0.5) is 13.2 Å². The number of phosphoric ester groups is 1. The molecule has 2 aliphatic rings. The lowest BCUT2D eigenvalue weighted by atomic mass is 9.93. The summed E-state index contributed by atoms with van der Waals surface area (Å²) in [4.78, 5) is 40.3. The van der Waals surface area contributed by atoms with Crippen LogP contribution in [0.15, 0.2) is 29.7 Å². The Morgan fingerprint density at radius 2 is 1.85 bits per heavy atom. The lowest BCUT2D eigenvalue weighted by Crippen LogP contribution is -2.47. The first-order valence-electron chi connectivity index (χ1n) is 8.42. The molecule has 2 unspecified atom stereocenters. The summed E-state index contributed by atoms with van der Waals surface area (Å²) < 4.78 is 91.7. The number of halogens is 3. The van der Waals surface area contributed by atoms with Crippen LogP contribution < -0.4 is 5.73 Å². The van der Waals surface area contributed by atoms with Gasteiger partial charge in [0.25, 0.3) is 0 Å². The zero-order valence-electron chi connectivity index (χ0n) is 16.1. The van der Waals surface area contributed by atoms with Crippen molar-refractivity contribution in [3.8, 4) is 0 Å². The van der Waals surface area contributed by atoms with Crippen molar-refractivity contribution in [1.29, 1.82) is 0 Å². The molecule has 0 aromatic carbocycles. The van der Waals surface area contributed by atoms with E-state index in [1.165, 1.54) is 6.08 Å². The summed E-state index contributed by atoms with van der Waals surface area (Å²) in [6.07, 6.45) is -9.08. The molecule has 190 valence electrons. The highest BCUT2D eigenvalue weighted by molar-refractivity contribution is 7.66. The van der Waals surface area contributed by atoms with Crippen molar-refractivity contribution in [1.82, 2.24) is 4.90 Å². The zero-order chi connectivity index (χ0) is 25.4. The largest absolute Gasteiger partial charge is 0.490 e. The van der Waals surface area contributed by atoms with Crippen LogP contribution in [0.25, 0.3) is 0 Å². The van der Waals surface area contributed by atoms with Crippen LogP contribution in [0.2, 0.25) is 0 Å². The van der Waals surface area contributed by atoms with E-state index in [4.69, 9.17) is 25.2 Å². The molecule has 1 saturated heterocycles. The Balaban J connectivity index is 2.23. The molecule has 33 heavy (non-hydrogen) atoms. The molecule has 15 nitrogen and oxygen atoms in total. The molecule has 0 aliphatic carbocycles. The van der Waals surface area contributed by atoms with E-state index in [-0.39, 0.29) is 11.7 Å². The molecule has 0 amide bonds. The highest BCUT2D eigenvalue weighted by Crippen LogP contribution is 2.66. The number of hydrogen-bond acceptors (Lipinski definition) is 11. The lowest BCUT2D eigenvalue weighted by molar-refractivity contribution is -0.152. The molecule has 0 bridgehead atoms. The number of nitrogens with zero attached hydrogens (tertiary/aromatic N) is 2. The molecule has 6 atom stereocenters. The number of aliphatic imine (C=N–C) groups is 1. The topological polar surface area (TPSA) is 231 Å². The summed E-state index contributed by atoms with van der Waals surface area (Å²) in [5, 5.41) is 10.3. The van der Waals surface area contributed by atoms with Crippen molar-refractivity contribution in [3.05, 3.63) is 24.7 Å². The summed E-state index contributed by atoms with van der Waals surface area (Å²) >= 11 is 0. The fourth-order valence-corrected chi connectivity index (χ4v) is 5.93. The predicted molar refractivity (Wildman–Crippen MR) is 101 cm³/mol. The van der Waals surface area contributed by atoms with E-state index >= 15 is 0 Å². The van der Waals surface area contributed by atoms with Crippen molar-refractivity contribution < 1.29 is 69.4 Å². The summed E-state index contributed by atoms with van der Waals surface area (Å²) in [7, 11) is -17.4. The van der Waals surface area contributed by atoms with Crippen LogP contribution in [0.1, 0.15) is 6.42 Å². The maximum Gasteiger partial charge on any atom is 0.490 e. The van der Waals surface area contributed by atoms with Crippen molar-refractivity contribution in [2.24, 2.45) is 10.7 Å². The van der Waals surface area contributed by atoms with Crippen LogP contribution in [0.3, 0.4) is 0 Å². The molecule has 0 spiro atoms. The molecule has 2 heterocycles. The number of phosphoric acid groups is 3. The molecule has 2 rings (SSSR count). The van der Waals surface area contributed by atoms with Gasteiger partial charge in [-0.3, -0.25) is 4.52 Å². The summed E-state index contributed by atoms with van der Waals surface area (Å²) in [6.45, 7) is 1.97. The standard InChI is InChI=1S/C12H19F3N3O12P3/c1-6-17-8(16)2-3-18(6)11-9(15)10(19)12(28-11,4-7(13)14)5-27-32(23,24)30-33(25,26)29-31(20,21)22/h2-3,7,9-11,19H,1,4-5H2,(H2,16,17)(H,23,24)(H,25,26)(H2,20,21,22)/t9-,10+,11-,12-/m1/s1. The van der Waals surface area contributed by atoms with E-state index in [9.17, 15) is 36.9 Å². The first-order valence-corrected chi connectivity index (χ1v) is 12.9. The van der Waals surface area contributed by atoms with Crippen LogP contribution in [-0.2, 0) is 31.6 Å². The quantitative estimate of drug-likeness (QED) is 0.204. The third-order valence-electron chi connectivity index (χ3n) is 4.09. The molecule has 0 radical (unpaired) electrons. The molecular formula is C12H19F3N3O12P3. The highest BCUT2D eigenvalue weighted by Gasteiger charge is 2.59. The Morgan fingerprint density at radius 3 is 2.36 bits per heavy atom. The van der Waals surface area contributed by atoms with Gasteiger partial charge in [-0.1, -0.05) is 6.58 Å². The van der Waals surface area contributed by atoms with E-state index in [1.807, 2.05) is 0 Å². The maximum absolute atomic E-state index is 14.8. The van der Waals surface area contributed by atoms with E-state index in [1.54, 1.807) is 0 Å². The monoisotopic (exact) mass is 547 g/mol. The molecular weight excluding hydrogens is 528 g/mol. The number of aliphatic hydroxyl groups is 1. The number of aliphatic hydroxyl groups excluding tert-OH is 1. The van der Waals surface area contributed by atoms with Gasteiger partial charge in [-0.15, -0.1) is 0 Å². The predicted octanol–water partition coefficient (Wildman–Crippen LogP) is 0.437. The number of amidine groups is 1. The molecule has 21 heteroatoms. The van der Waals surface area contributed by atoms with E-state index in [0.717, 1.165) is 11.1 Å². The fraction of sp³-hybridized carbons (Fsp3) is 0.583. The molecule has 0 aromatic heterocycles. The Hall–Kier alpha value is -1.13. The SMILES string of the molecule is C=C1N=C(N)C=CN1[C@@H]1O[C@@](COP(=O)(O)OP(=O)(O)OP(=O)(O)O)(CC(F)F)[C@@H](O)[C@H]1F. The van der Waals surface area contributed by atoms with Gasteiger partial charge in [-0.2, -0.15) is 8.62 Å². The van der Waals surface area contributed by atoms with Gasteiger partial charge in [0.1, 0.15) is 23.4 Å². The first kappa shape index (κ1) is 28.1. The summed E-state index contributed by atoms with van der Waals surface area (Å²) in [5.41, 5.74) is 2.74. The van der Waals surface area contributed by atoms with Crippen molar-refractivity contribution >= 4 is 29.3 Å². The normalized spacial score (nSPS) is 32.0. The second-order valence-corrected chi connectivity index (χ2v) is 11.0. The van der Waals surface area contributed by atoms with Crippen molar-refractivity contribution in [2.75, 3.05) is 6.61 Å². The zero-order valence-corrected chi connectivity index (χ0v) is 18.8. The maximum atomic E-state index is 14.8. The number of hydrogen-bond donors (Lipinski definition) is 6. The average molecular weight is 547 g/mol. The van der Waals surface area contributed by atoms with Crippen molar-refractivity contribution in [2.45, 2.75) is 37.0 Å². The van der Waals surface area contributed by atoms with Gasteiger partial charge in [0.15, 0.2) is 12.4 Å². The smallest absolute Gasteiger partial charge is 0.387 e. The van der Waals surface area contributed by atoms with Crippen molar-refractivity contribution in [3.63, 3.8) is 0 Å².